The van der Waals surface area contributed by atoms with Crippen LogP contribution in [0.5, 0.6) is 12.0 Å². The number of aromatic nitrogens is 4. The first kappa shape index (κ1) is 25.4. The zero-order valence-corrected chi connectivity index (χ0v) is 21.7. The van der Waals surface area contributed by atoms with Crippen molar-refractivity contribution >= 4 is 17.0 Å². The van der Waals surface area contributed by atoms with E-state index in [2.05, 4.69) is 50.2 Å². The van der Waals surface area contributed by atoms with Crippen molar-refractivity contribution in [1.29, 1.82) is 5.26 Å². The number of rotatable bonds is 10. The number of nitrogen functional groups attached to an aromatic ring is 1. The lowest BCUT2D eigenvalue weighted by Gasteiger charge is -2.15. The summed E-state index contributed by atoms with van der Waals surface area (Å²) in [5, 5.41) is 9.98. The van der Waals surface area contributed by atoms with E-state index in [1.165, 1.54) is 38.6 Å². The average molecular weight is 514 g/mol. The highest BCUT2D eigenvalue weighted by atomic mass is 16.5. The number of methoxy groups -OCH3 is 2. The minimum absolute atomic E-state index is 0.125. The summed E-state index contributed by atoms with van der Waals surface area (Å²) in [5.74, 6) is 0.184. The zero-order valence-electron chi connectivity index (χ0n) is 21.7. The molecule has 5 rings (SSSR count). The van der Waals surface area contributed by atoms with Crippen molar-refractivity contribution in [3.05, 3.63) is 59.2 Å². The zero-order chi connectivity index (χ0) is 26.5. The molecule has 0 bridgehead atoms. The van der Waals surface area contributed by atoms with E-state index in [9.17, 15) is 5.26 Å². The van der Waals surface area contributed by atoms with Gasteiger partial charge in [-0.1, -0.05) is 36.4 Å². The monoisotopic (exact) mass is 513 g/mol. The maximum absolute atomic E-state index is 9.98. The quantitative estimate of drug-likeness (QED) is 0.317. The van der Waals surface area contributed by atoms with Crippen molar-refractivity contribution in [3.63, 3.8) is 0 Å². The first-order chi connectivity index (χ1) is 18.6. The molecular formula is C28H31N7O3. The standard InChI is InChI=1S/C28H31N7O3/c1-36-13-14-38-27-32-25(30)24-26(33-27)35(28(31-24)37-2)18-22-10-9-21(15-23(22)16-29)20-7-5-19(6-8-20)17-34-11-3-4-12-34/h5-10,15H,3-4,11-14,17-18H2,1-2H3,(H2,30,32,33). The average Bonchev–Trinajstić information content (AvgIpc) is 3.58. The van der Waals surface area contributed by atoms with Gasteiger partial charge in [0.15, 0.2) is 17.0 Å². The Hall–Kier alpha value is -4.20. The number of likely N-dealkylation sites (tertiary alicyclic amines) is 1. The van der Waals surface area contributed by atoms with Gasteiger partial charge < -0.3 is 19.9 Å². The normalized spacial score (nSPS) is 13.6. The van der Waals surface area contributed by atoms with E-state index in [0.717, 1.165) is 23.2 Å². The Kier molecular flexibility index (Phi) is 7.67. The van der Waals surface area contributed by atoms with Crippen LogP contribution >= 0.6 is 0 Å². The molecule has 0 atom stereocenters. The summed E-state index contributed by atoms with van der Waals surface area (Å²) in [6.07, 6.45) is 2.57. The van der Waals surface area contributed by atoms with E-state index in [1.54, 1.807) is 11.7 Å². The summed E-state index contributed by atoms with van der Waals surface area (Å²) in [4.78, 5) is 15.6. The summed E-state index contributed by atoms with van der Waals surface area (Å²) in [7, 11) is 3.11. The van der Waals surface area contributed by atoms with Gasteiger partial charge in [0, 0.05) is 13.7 Å². The topological polar surface area (TPSA) is 124 Å². The Labute approximate surface area is 221 Å². The molecule has 10 nitrogen and oxygen atoms in total. The van der Waals surface area contributed by atoms with Crippen molar-refractivity contribution in [1.82, 2.24) is 24.4 Å². The summed E-state index contributed by atoms with van der Waals surface area (Å²) in [5.41, 5.74) is 11.7. The molecule has 2 N–H and O–H groups in total. The first-order valence-corrected chi connectivity index (χ1v) is 12.6. The van der Waals surface area contributed by atoms with Gasteiger partial charge in [0.25, 0.3) is 6.01 Å². The molecule has 2 aromatic heterocycles. The molecule has 1 fully saturated rings. The van der Waals surface area contributed by atoms with Crippen LogP contribution in [0.4, 0.5) is 5.82 Å². The number of ether oxygens (including phenoxy) is 3. The highest BCUT2D eigenvalue weighted by molar-refractivity contribution is 5.83. The van der Waals surface area contributed by atoms with Gasteiger partial charge >= 0.3 is 6.01 Å². The van der Waals surface area contributed by atoms with Crippen LogP contribution in [0, 0.1) is 11.3 Å². The van der Waals surface area contributed by atoms with Crippen LogP contribution in [0.1, 0.15) is 29.5 Å². The summed E-state index contributed by atoms with van der Waals surface area (Å²) < 4.78 is 17.9. The second kappa shape index (κ2) is 11.5. The second-order valence-electron chi connectivity index (χ2n) is 9.25. The Bertz CT molecular complexity index is 1450. The van der Waals surface area contributed by atoms with Crippen LogP contribution in [0.3, 0.4) is 0 Å². The van der Waals surface area contributed by atoms with Crippen LogP contribution in [-0.4, -0.2) is 64.9 Å². The molecule has 0 spiro atoms. The third-order valence-electron chi connectivity index (χ3n) is 6.72. The highest BCUT2D eigenvalue weighted by Crippen LogP contribution is 2.29. The minimum atomic E-state index is 0.125. The molecule has 0 aliphatic carbocycles. The maximum atomic E-state index is 9.98. The van der Waals surface area contributed by atoms with E-state index in [1.807, 2.05) is 18.2 Å². The van der Waals surface area contributed by atoms with Gasteiger partial charge in [0.1, 0.15) is 6.61 Å². The molecular weight excluding hydrogens is 482 g/mol. The van der Waals surface area contributed by atoms with E-state index in [0.29, 0.717) is 35.9 Å². The Balaban J connectivity index is 1.41. The Morgan fingerprint density at radius 1 is 0.947 bits per heavy atom. The number of anilines is 1. The number of nitrogens with zero attached hydrogens (tertiary/aromatic N) is 6. The van der Waals surface area contributed by atoms with E-state index >= 15 is 0 Å². The minimum Gasteiger partial charge on any atom is -0.468 e. The molecule has 1 aliphatic heterocycles. The van der Waals surface area contributed by atoms with Gasteiger partial charge in [0.2, 0.25) is 0 Å². The van der Waals surface area contributed by atoms with Crippen molar-refractivity contribution in [2.75, 3.05) is 46.3 Å². The van der Waals surface area contributed by atoms with Crippen molar-refractivity contribution in [3.8, 4) is 29.2 Å². The third-order valence-corrected chi connectivity index (χ3v) is 6.72. The van der Waals surface area contributed by atoms with Crippen LogP contribution in [0.2, 0.25) is 0 Å². The van der Waals surface area contributed by atoms with E-state index < -0.39 is 0 Å². The number of hydrogen-bond donors (Lipinski definition) is 1. The molecule has 2 aromatic carbocycles. The van der Waals surface area contributed by atoms with Gasteiger partial charge in [-0.15, -0.1) is 0 Å². The predicted octanol–water partition coefficient (Wildman–Crippen LogP) is 3.63. The number of hydrogen-bond acceptors (Lipinski definition) is 9. The van der Waals surface area contributed by atoms with Crippen LogP contribution < -0.4 is 15.2 Å². The first-order valence-electron chi connectivity index (χ1n) is 12.6. The molecule has 196 valence electrons. The number of fused-ring (bicyclic) bond motifs is 1. The fourth-order valence-corrected chi connectivity index (χ4v) is 4.73. The molecule has 0 amide bonds. The lowest BCUT2D eigenvalue weighted by Crippen LogP contribution is -2.18. The van der Waals surface area contributed by atoms with Gasteiger partial charge in [-0.2, -0.15) is 20.2 Å². The molecule has 3 heterocycles. The maximum Gasteiger partial charge on any atom is 0.320 e. The number of nitrogens with two attached hydrogens (primary N) is 1. The summed E-state index contributed by atoms with van der Waals surface area (Å²) in [6, 6.07) is 17.3. The molecule has 1 aliphatic rings. The van der Waals surface area contributed by atoms with Gasteiger partial charge in [-0.25, -0.2) is 0 Å². The lowest BCUT2D eigenvalue weighted by atomic mass is 9.98. The van der Waals surface area contributed by atoms with E-state index in [4.69, 9.17) is 19.9 Å². The SMILES string of the molecule is COCCOc1nc(N)c2nc(OC)n(Cc3ccc(-c4ccc(CN5CCCC5)cc4)cc3C#N)c2n1. The smallest absolute Gasteiger partial charge is 0.320 e. The van der Waals surface area contributed by atoms with Gasteiger partial charge in [0.05, 0.1) is 31.9 Å². The van der Waals surface area contributed by atoms with Crippen molar-refractivity contribution in [2.24, 2.45) is 0 Å². The molecule has 4 aromatic rings. The largest absolute Gasteiger partial charge is 0.468 e. The predicted molar refractivity (Wildman–Crippen MR) is 144 cm³/mol. The fraction of sp³-hybridized carbons (Fsp3) is 0.357. The van der Waals surface area contributed by atoms with Crippen LogP contribution in [-0.2, 0) is 17.8 Å². The molecule has 38 heavy (non-hydrogen) atoms. The number of nitriles is 1. The molecule has 10 heteroatoms. The summed E-state index contributed by atoms with van der Waals surface area (Å²) >= 11 is 0. The molecule has 1 saturated heterocycles. The molecule has 0 unspecified atom stereocenters. The van der Waals surface area contributed by atoms with Crippen LogP contribution in [0.15, 0.2) is 42.5 Å². The third kappa shape index (κ3) is 5.39. The molecule has 0 radical (unpaired) electrons. The lowest BCUT2D eigenvalue weighted by molar-refractivity contribution is 0.141. The van der Waals surface area contributed by atoms with Crippen LogP contribution in [0.25, 0.3) is 22.3 Å². The second-order valence-corrected chi connectivity index (χ2v) is 9.25. The number of benzene rings is 2. The Morgan fingerprint density at radius 3 is 2.42 bits per heavy atom. The number of imidazole rings is 1. The van der Waals surface area contributed by atoms with E-state index in [-0.39, 0.29) is 18.4 Å². The Morgan fingerprint density at radius 2 is 1.71 bits per heavy atom. The van der Waals surface area contributed by atoms with Crippen molar-refractivity contribution in [2.45, 2.75) is 25.9 Å². The van der Waals surface area contributed by atoms with Gasteiger partial charge in [-0.3, -0.25) is 9.47 Å². The van der Waals surface area contributed by atoms with Gasteiger partial charge in [-0.05, 0) is 54.3 Å². The van der Waals surface area contributed by atoms with Crippen molar-refractivity contribution < 1.29 is 14.2 Å². The fourth-order valence-electron chi connectivity index (χ4n) is 4.73. The highest BCUT2D eigenvalue weighted by Gasteiger charge is 2.19. The summed E-state index contributed by atoms with van der Waals surface area (Å²) in [6.45, 7) is 4.32. The molecule has 0 saturated carbocycles.